The number of allylic oxidation sites excluding steroid dienone is 4. The van der Waals surface area contributed by atoms with Crippen LogP contribution in [0, 0.1) is 70.0 Å². The molecule has 0 aliphatic heterocycles. The molecule has 3 bridgehead atoms. The molecule has 0 aromatic heterocycles. The van der Waals surface area contributed by atoms with Crippen LogP contribution < -0.4 is 0 Å². The SMILES string of the molecule is CCC1C2CC3C(C)CCC(C)C(=C(C)C)C2[C@@H](CC)C(C)/C=C(\C)CCC(C)CCC(C)(O)C2(C)CC2[C@@]31C. The van der Waals surface area contributed by atoms with E-state index in [1.165, 1.54) is 51.4 Å². The van der Waals surface area contributed by atoms with Crippen molar-refractivity contribution in [1.29, 1.82) is 0 Å². The lowest BCUT2D eigenvalue weighted by Gasteiger charge is -2.47. The lowest BCUT2D eigenvalue weighted by Crippen LogP contribution is -2.44. The van der Waals surface area contributed by atoms with Crippen LogP contribution in [0.15, 0.2) is 22.8 Å². The van der Waals surface area contributed by atoms with Crippen LogP contribution in [0.4, 0.5) is 0 Å². The van der Waals surface area contributed by atoms with Gasteiger partial charge in [-0.15, -0.1) is 0 Å². The number of fused-ring (bicyclic) bond motifs is 5. The highest BCUT2D eigenvalue weighted by Gasteiger charge is 2.71. The monoisotopic (exact) mass is 553 g/mol. The highest BCUT2D eigenvalue weighted by Crippen LogP contribution is 2.76. The molecule has 4 rings (SSSR count). The van der Waals surface area contributed by atoms with Crippen LogP contribution in [0.25, 0.3) is 0 Å². The van der Waals surface area contributed by atoms with E-state index in [9.17, 15) is 5.11 Å². The van der Waals surface area contributed by atoms with Crippen molar-refractivity contribution in [3.05, 3.63) is 22.8 Å². The molecule has 4 aliphatic rings. The van der Waals surface area contributed by atoms with E-state index in [1.54, 1.807) is 11.1 Å². The van der Waals surface area contributed by atoms with Crippen LogP contribution in [0.5, 0.6) is 0 Å². The van der Waals surface area contributed by atoms with E-state index in [2.05, 4.69) is 89.2 Å². The normalized spacial score (nSPS) is 51.7. The van der Waals surface area contributed by atoms with Gasteiger partial charge in [-0.1, -0.05) is 91.0 Å². The van der Waals surface area contributed by atoms with Gasteiger partial charge in [0.15, 0.2) is 0 Å². The van der Waals surface area contributed by atoms with Crippen molar-refractivity contribution in [1.82, 2.24) is 0 Å². The van der Waals surface area contributed by atoms with Crippen molar-refractivity contribution < 1.29 is 5.11 Å². The Morgan fingerprint density at radius 1 is 0.950 bits per heavy atom. The first-order chi connectivity index (χ1) is 18.6. The van der Waals surface area contributed by atoms with Gasteiger partial charge in [0, 0.05) is 0 Å². The second-order valence-corrected chi connectivity index (χ2v) is 16.9. The molecule has 0 spiro atoms. The molecule has 1 nitrogen and oxygen atoms in total. The van der Waals surface area contributed by atoms with Crippen molar-refractivity contribution >= 4 is 0 Å². The number of hydrogen-bond donors (Lipinski definition) is 1. The van der Waals surface area contributed by atoms with E-state index in [-0.39, 0.29) is 5.41 Å². The van der Waals surface area contributed by atoms with Crippen molar-refractivity contribution in [2.24, 2.45) is 70.0 Å². The molecule has 0 heterocycles. The van der Waals surface area contributed by atoms with Gasteiger partial charge in [-0.25, -0.2) is 0 Å². The first-order valence-electron chi connectivity index (χ1n) is 17.7. The summed E-state index contributed by atoms with van der Waals surface area (Å²) < 4.78 is 0. The Labute approximate surface area is 250 Å². The Morgan fingerprint density at radius 3 is 2.23 bits per heavy atom. The Bertz CT molecular complexity index is 950. The fourth-order valence-corrected chi connectivity index (χ4v) is 11.7. The van der Waals surface area contributed by atoms with Gasteiger partial charge >= 0.3 is 0 Å². The molecule has 13 atom stereocenters. The topological polar surface area (TPSA) is 20.2 Å². The molecule has 0 aromatic rings. The second kappa shape index (κ2) is 11.8. The van der Waals surface area contributed by atoms with Crippen LogP contribution in [-0.4, -0.2) is 10.7 Å². The van der Waals surface area contributed by atoms with Gasteiger partial charge < -0.3 is 5.11 Å². The minimum Gasteiger partial charge on any atom is -0.390 e. The number of aliphatic hydroxyl groups is 1. The predicted molar refractivity (Wildman–Crippen MR) is 174 cm³/mol. The van der Waals surface area contributed by atoms with Crippen molar-refractivity contribution in [2.75, 3.05) is 0 Å². The summed E-state index contributed by atoms with van der Waals surface area (Å²) in [5.41, 5.74) is 4.84. The first-order valence-corrected chi connectivity index (χ1v) is 17.7. The van der Waals surface area contributed by atoms with Gasteiger partial charge in [-0.05, 0) is 149 Å². The fourth-order valence-electron chi connectivity index (χ4n) is 11.7. The Morgan fingerprint density at radius 2 is 1.62 bits per heavy atom. The third-order valence-corrected chi connectivity index (χ3v) is 14.3. The molecule has 0 saturated heterocycles. The van der Waals surface area contributed by atoms with Crippen LogP contribution in [-0.2, 0) is 0 Å². The quantitative estimate of drug-likeness (QED) is 0.338. The molecule has 1 heteroatoms. The van der Waals surface area contributed by atoms with Crippen LogP contribution >= 0.6 is 0 Å². The molecule has 3 fully saturated rings. The van der Waals surface area contributed by atoms with E-state index >= 15 is 0 Å². The molecule has 3 saturated carbocycles. The van der Waals surface area contributed by atoms with Gasteiger partial charge in [0.25, 0.3) is 0 Å². The van der Waals surface area contributed by atoms with Gasteiger partial charge in [-0.3, -0.25) is 0 Å². The zero-order chi connectivity index (χ0) is 29.8. The summed E-state index contributed by atoms with van der Waals surface area (Å²) >= 11 is 0. The molecule has 40 heavy (non-hydrogen) atoms. The Kier molecular flexibility index (Phi) is 9.58. The van der Waals surface area contributed by atoms with Crippen molar-refractivity contribution in [3.63, 3.8) is 0 Å². The molecule has 230 valence electrons. The zero-order valence-electron chi connectivity index (χ0n) is 28.9. The molecule has 11 unspecified atom stereocenters. The molecule has 4 aliphatic carbocycles. The number of hydrogen-bond acceptors (Lipinski definition) is 1. The van der Waals surface area contributed by atoms with E-state index in [0.29, 0.717) is 40.9 Å². The van der Waals surface area contributed by atoms with Crippen LogP contribution in [0.3, 0.4) is 0 Å². The summed E-state index contributed by atoms with van der Waals surface area (Å²) in [6.45, 7) is 29.9. The Hall–Kier alpha value is -0.560. The average molecular weight is 553 g/mol. The minimum atomic E-state index is -0.572. The molecule has 0 aromatic carbocycles. The summed E-state index contributed by atoms with van der Waals surface area (Å²) in [6.07, 6.45) is 15.1. The van der Waals surface area contributed by atoms with Gasteiger partial charge in [-0.2, -0.15) is 0 Å². The zero-order valence-corrected chi connectivity index (χ0v) is 28.9. The van der Waals surface area contributed by atoms with Gasteiger partial charge in [0.1, 0.15) is 0 Å². The maximum absolute atomic E-state index is 12.2. The number of rotatable bonds is 2. The molecule has 0 amide bonds. The van der Waals surface area contributed by atoms with Crippen molar-refractivity contribution in [3.8, 4) is 0 Å². The maximum atomic E-state index is 12.2. The first kappa shape index (κ1) is 32.4. The van der Waals surface area contributed by atoms with E-state index in [4.69, 9.17) is 0 Å². The summed E-state index contributed by atoms with van der Waals surface area (Å²) in [7, 11) is 0. The minimum absolute atomic E-state index is 0.0539. The van der Waals surface area contributed by atoms with E-state index in [0.717, 1.165) is 36.5 Å². The van der Waals surface area contributed by atoms with Crippen LogP contribution in [0.1, 0.15) is 147 Å². The van der Waals surface area contributed by atoms with E-state index in [1.807, 2.05) is 5.57 Å². The lowest BCUT2D eigenvalue weighted by molar-refractivity contribution is -0.0533. The maximum Gasteiger partial charge on any atom is 0.0676 e. The van der Waals surface area contributed by atoms with Crippen LogP contribution in [0.2, 0.25) is 0 Å². The second-order valence-electron chi connectivity index (χ2n) is 16.9. The van der Waals surface area contributed by atoms with Crippen molar-refractivity contribution in [2.45, 2.75) is 153 Å². The molecular formula is C39H68O. The molecular weight excluding hydrogens is 484 g/mol. The average Bonchev–Trinajstić information content (AvgIpc) is 3.50. The highest BCUT2D eigenvalue weighted by atomic mass is 16.3. The third kappa shape index (κ3) is 5.46. The largest absolute Gasteiger partial charge is 0.390 e. The smallest absolute Gasteiger partial charge is 0.0676 e. The van der Waals surface area contributed by atoms with Gasteiger partial charge in [0.05, 0.1) is 5.60 Å². The molecule has 1 N–H and O–H groups in total. The predicted octanol–water partition coefficient (Wildman–Crippen LogP) is 11.3. The Balaban J connectivity index is 1.93. The fraction of sp³-hybridized carbons (Fsp3) is 0.897. The summed E-state index contributed by atoms with van der Waals surface area (Å²) in [6, 6.07) is 0. The summed E-state index contributed by atoms with van der Waals surface area (Å²) in [5, 5.41) is 12.2. The molecule has 0 radical (unpaired) electrons. The summed E-state index contributed by atoms with van der Waals surface area (Å²) in [4.78, 5) is 0. The lowest BCUT2D eigenvalue weighted by atomic mass is 9.57. The standard InChI is InChI=1S/C39H68O/c1-13-30-29(9)21-26(6)16-15-25(5)19-20-38(11,40)37(10)23-34(37)39(12)32(14-2)31-22-33(39)27(7)17-18-28(8)35(24(3)4)36(30)31/h21,25,27-34,36,40H,13-20,22-23H2,1-12H3/b26-21+/t25?,27?,28?,29?,30-,31?,32?,33?,34?,36?,37?,38?,39+/m0/s1. The highest BCUT2D eigenvalue weighted by molar-refractivity contribution is 5.26. The summed E-state index contributed by atoms with van der Waals surface area (Å²) in [5.74, 6) is 7.04. The van der Waals surface area contributed by atoms with Gasteiger partial charge in [0.2, 0.25) is 0 Å². The third-order valence-electron chi connectivity index (χ3n) is 14.3. The van der Waals surface area contributed by atoms with E-state index < -0.39 is 5.60 Å².